The van der Waals surface area contributed by atoms with Gasteiger partial charge in [-0.05, 0) is 13.3 Å². The summed E-state index contributed by atoms with van der Waals surface area (Å²) in [5, 5.41) is 9.62. The van der Waals surface area contributed by atoms with E-state index < -0.39 is 0 Å². The lowest BCUT2D eigenvalue weighted by Crippen LogP contribution is -2.14. The molecule has 0 aliphatic carbocycles. The van der Waals surface area contributed by atoms with Crippen LogP contribution in [0.1, 0.15) is 97.3 Å². The fourth-order valence-electron chi connectivity index (χ4n) is 2.56. The summed E-state index contributed by atoms with van der Waals surface area (Å²) in [6.45, 7) is 5.45. The summed E-state index contributed by atoms with van der Waals surface area (Å²) < 4.78 is 5.20. The summed E-state index contributed by atoms with van der Waals surface area (Å²) in [5.74, 6) is 0. The standard InChI is InChI=1S/C18H38O2/c1-3-5-6-7-8-9-10-11-12-13-14-15-16-18(19)17-20-4-2/h18-19H,3-17H2,1-2H3. The van der Waals surface area contributed by atoms with Gasteiger partial charge < -0.3 is 9.84 Å². The van der Waals surface area contributed by atoms with Gasteiger partial charge in [-0.1, -0.05) is 84.0 Å². The Balaban J connectivity index is 3.02. The third-order valence-electron chi connectivity index (χ3n) is 3.91. The maximum atomic E-state index is 9.62. The van der Waals surface area contributed by atoms with Crippen molar-refractivity contribution in [2.45, 2.75) is 103 Å². The van der Waals surface area contributed by atoms with Crippen LogP contribution in [-0.2, 0) is 4.74 Å². The molecule has 1 N–H and O–H groups in total. The highest BCUT2D eigenvalue weighted by atomic mass is 16.5. The van der Waals surface area contributed by atoms with Crippen LogP contribution in [0.5, 0.6) is 0 Å². The molecule has 0 saturated carbocycles. The zero-order valence-corrected chi connectivity index (χ0v) is 14.0. The summed E-state index contributed by atoms with van der Waals surface area (Å²) >= 11 is 0. The Hall–Kier alpha value is -0.0800. The summed E-state index contributed by atoms with van der Waals surface area (Å²) in [7, 11) is 0. The van der Waals surface area contributed by atoms with Crippen molar-refractivity contribution in [1.82, 2.24) is 0 Å². The predicted molar refractivity (Wildman–Crippen MR) is 88.2 cm³/mol. The first-order chi connectivity index (χ1) is 9.81. The van der Waals surface area contributed by atoms with Crippen LogP contribution >= 0.6 is 0 Å². The zero-order valence-electron chi connectivity index (χ0n) is 14.0. The predicted octanol–water partition coefficient (Wildman–Crippen LogP) is 5.48. The SMILES string of the molecule is CCCCCCCCCCCCCCC(O)COCC. The van der Waals surface area contributed by atoms with Crippen LogP contribution in [0.3, 0.4) is 0 Å². The first-order valence-electron chi connectivity index (χ1n) is 9.07. The number of hydrogen-bond donors (Lipinski definition) is 1. The molecule has 0 rings (SSSR count). The van der Waals surface area contributed by atoms with Crippen molar-refractivity contribution in [2.75, 3.05) is 13.2 Å². The maximum Gasteiger partial charge on any atom is 0.0773 e. The molecule has 0 aliphatic rings. The number of unbranched alkanes of at least 4 members (excludes halogenated alkanes) is 11. The van der Waals surface area contributed by atoms with Gasteiger partial charge in [-0.3, -0.25) is 0 Å². The minimum Gasteiger partial charge on any atom is -0.391 e. The molecule has 1 unspecified atom stereocenters. The van der Waals surface area contributed by atoms with Crippen molar-refractivity contribution in [3.05, 3.63) is 0 Å². The van der Waals surface area contributed by atoms with Crippen LogP contribution in [0, 0.1) is 0 Å². The van der Waals surface area contributed by atoms with Crippen molar-refractivity contribution in [2.24, 2.45) is 0 Å². The quantitative estimate of drug-likeness (QED) is 0.381. The molecule has 0 aliphatic heterocycles. The molecule has 1 atom stereocenters. The van der Waals surface area contributed by atoms with Crippen LogP contribution in [-0.4, -0.2) is 24.4 Å². The van der Waals surface area contributed by atoms with Crippen molar-refractivity contribution in [3.63, 3.8) is 0 Å². The van der Waals surface area contributed by atoms with E-state index in [9.17, 15) is 5.11 Å². The molecule has 0 aromatic rings. The summed E-state index contributed by atoms with van der Waals surface area (Å²) in [5.41, 5.74) is 0. The molecule has 0 amide bonds. The largest absolute Gasteiger partial charge is 0.391 e. The van der Waals surface area contributed by atoms with Crippen molar-refractivity contribution >= 4 is 0 Å². The van der Waals surface area contributed by atoms with E-state index in [0.717, 1.165) is 12.8 Å². The lowest BCUT2D eigenvalue weighted by atomic mass is 10.0. The molecule has 0 spiro atoms. The average Bonchev–Trinajstić information content (AvgIpc) is 2.46. The van der Waals surface area contributed by atoms with Crippen LogP contribution < -0.4 is 0 Å². The molecule has 0 saturated heterocycles. The third kappa shape index (κ3) is 16.0. The van der Waals surface area contributed by atoms with E-state index in [1.54, 1.807) is 0 Å². The van der Waals surface area contributed by atoms with Crippen LogP contribution in [0.2, 0.25) is 0 Å². The van der Waals surface area contributed by atoms with E-state index in [-0.39, 0.29) is 6.10 Å². The second-order valence-electron chi connectivity index (χ2n) is 5.99. The molecular formula is C18H38O2. The van der Waals surface area contributed by atoms with E-state index in [1.165, 1.54) is 70.6 Å². The first kappa shape index (κ1) is 19.9. The number of rotatable bonds is 16. The van der Waals surface area contributed by atoms with Gasteiger partial charge in [0.2, 0.25) is 0 Å². The van der Waals surface area contributed by atoms with Crippen LogP contribution in [0.4, 0.5) is 0 Å². The number of ether oxygens (including phenoxy) is 1. The molecule has 0 radical (unpaired) electrons. The third-order valence-corrected chi connectivity index (χ3v) is 3.91. The molecule has 2 nitrogen and oxygen atoms in total. The van der Waals surface area contributed by atoms with Crippen molar-refractivity contribution in [3.8, 4) is 0 Å². The van der Waals surface area contributed by atoms with E-state index >= 15 is 0 Å². The van der Waals surface area contributed by atoms with Crippen molar-refractivity contribution < 1.29 is 9.84 Å². The van der Waals surface area contributed by atoms with Gasteiger partial charge in [-0.15, -0.1) is 0 Å². The summed E-state index contributed by atoms with van der Waals surface area (Å²) in [4.78, 5) is 0. The number of hydrogen-bond acceptors (Lipinski definition) is 2. The Morgan fingerprint density at radius 1 is 0.700 bits per heavy atom. The van der Waals surface area contributed by atoms with Crippen molar-refractivity contribution in [1.29, 1.82) is 0 Å². The lowest BCUT2D eigenvalue weighted by molar-refractivity contribution is 0.0368. The molecular weight excluding hydrogens is 248 g/mol. The van der Waals surface area contributed by atoms with Crippen LogP contribution in [0.15, 0.2) is 0 Å². The minimum absolute atomic E-state index is 0.252. The van der Waals surface area contributed by atoms with Gasteiger partial charge in [-0.25, -0.2) is 0 Å². The Labute approximate surface area is 127 Å². The highest BCUT2D eigenvalue weighted by Gasteiger charge is 2.02. The van der Waals surface area contributed by atoms with Gasteiger partial charge in [-0.2, -0.15) is 0 Å². The van der Waals surface area contributed by atoms with E-state index in [4.69, 9.17) is 4.74 Å². The maximum absolute atomic E-state index is 9.62. The highest BCUT2D eigenvalue weighted by molar-refractivity contribution is 4.55. The van der Waals surface area contributed by atoms with Gasteiger partial charge in [0.15, 0.2) is 0 Å². The Bertz CT molecular complexity index is 171. The minimum atomic E-state index is -0.252. The second-order valence-corrected chi connectivity index (χ2v) is 5.99. The van der Waals surface area contributed by atoms with E-state index in [1.807, 2.05) is 6.92 Å². The molecule has 0 aromatic heterocycles. The average molecular weight is 286 g/mol. The van der Waals surface area contributed by atoms with Gasteiger partial charge in [0.1, 0.15) is 0 Å². The van der Waals surface area contributed by atoms with E-state index in [0.29, 0.717) is 13.2 Å². The fourth-order valence-corrected chi connectivity index (χ4v) is 2.56. The van der Waals surface area contributed by atoms with Gasteiger partial charge >= 0.3 is 0 Å². The molecule has 122 valence electrons. The second kappa shape index (κ2) is 17.0. The highest BCUT2D eigenvalue weighted by Crippen LogP contribution is 2.13. The topological polar surface area (TPSA) is 29.5 Å². The normalized spacial score (nSPS) is 12.8. The molecule has 2 heteroatoms. The van der Waals surface area contributed by atoms with Crippen LogP contribution in [0.25, 0.3) is 0 Å². The fraction of sp³-hybridized carbons (Fsp3) is 1.00. The summed E-state index contributed by atoms with van der Waals surface area (Å²) in [6.07, 6.45) is 17.1. The number of aliphatic hydroxyl groups is 1. The Kier molecular flexibility index (Phi) is 16.9. The molecule has 0 fully saturated rings. The smallest absolute Gasteiger partial charge is 0.0773 e. The Morgan fingerprint density at radius 2 is 1.15 bits per heavy atom. The molecule has 0 aromatic carbocycles. The van der Waals surface area contributed by atoms with E-state index in [2.05, 4.69) is 6.92 Å². The van der Waals surface area contributed by atoms with Gasteiger partial charge in [0.25, 0.3) is 0 Å². The molecule has 0 bridgehead atoms. The first-order valence-corrected chi connectivity index (χ1v) is 9.07. The number of aliphatic hydroxyl groups excluding tert-OH is 1. The monoisotopic (exact) mass is 286 g/mol. The van der Waals surface area contributed by atoms with Gasteiger partial charge in [0, 0.05) is 6.61 Å². The summed E-state index contributed by atoms with van der Waals surface area (Å²) in [6, 6.07) is 0. The zero-order chi connectivity index (χ0) is 14.9. The van der Waals surface area contributed by atoms with Gasteiger partial charge in [0.05, 0.1) is 12.7 Å². The Morgan fingerprint density at radius 3 is 1.60 bits per heavy atom. The molecule has 20 heavy (non-hydrogen) atoms. The molecule has 0 heterocycles. The lowest BCUT2D eigenvalue weighted by Gasteiger charge is -2.09.